The van der Waals surface area contributed by atoms with Crippen molar-refractivity contribution in [1.29, 1.82) is 0 Å². The molecule has 0 aliphatic carbocycles. The van der Waals surface area contributed by atoms with E-state index in [0.717, 1.165) is 0 Å². The fourth-order valence-electron chi connectivity index (χ4n) is 1.66. The molecule has 0 fully saturated rings. The topological polar surface area (TPSA) is 15.3 Å². The van der Waals surface area contributed by atoms with Crippen LogP contribution in [0.1, 0.15) is 47.0 Å². The molecule has 86 valence electrons. The van der Waals surface area contributed by atoms with E-state index in [-0.39, 0.29) is 0 Å². The lowest BCUT2D eigenvalue weighted by molar-refractivity contribution is 0.215. The Bertz CT molecular complexity index is 123. The van der Waals surface area contributed by atoms with Crippen LogP contribution in [0.2, 0.25) is 0 Å². The lowest BCUT2D eigenvalue weighted by atomic mass is 10.1. The number of hydrogen-bond donors (Lipinski definition) is 1. The van der Waals surface area contributed by atoms with Crippen LogP contribution < -0.4 is 5.32 Å². The highest BCUT2D eigenvalue weighted by atomic mass is 15.1. The molecule has 0 rings (SSSR count). The van der Waals surface area contributed by atoms with Crippen LogP contribution in [0.5, 0.6) is 0 Å². The molecule has 1 atom stereocenters. The van der Waals surface area contributed by atoms with E-state index >= 15 is 0 Å². The summed E-state index contributed by atoms with van der Waals surface area (Å²) in [5, 5.41) is 3.28. The third-order valence-electron chi connectivity index (χ3n) is 2.82. The summed E-state index contributed by atoms with van der Waals surface area (Å²) in [7, 11) is 2.04. The van der Waals surface area contributed by atoms with E-state index in [1.54, 1.807) is 0 Å². The molecule has 0 spiro atoms. The van der Waals surface area contributed by atoms with Gasteiger partial charge >= 0.3 is 0 Å². The van der Waals surface area contributed by atoms with Gasteiger partial charge in [0.2, 0.25) is 0 Å². The Labute approximate surface area is 90.1 Å². The quantitative estimate of drug-likeness (QED) is 0.647. The van der Waals surface area contributed by atoms with Crippen molar-refractivity contribution in [2.75, 3.05) is 20.1 Å². The molecule has 0 aliphatic heterocycles. The molecule has 0 radical (unpaired) electrons. The number of nitrogens with one attached hydrogen (secondary N) is 1. The van der Waals surface area contributed by atoms with Crippen molar-refractivity contribution in [1.82, 2.24) is 10.2 Å². The summed E-state index contributed by atoms with van der Waals surface area (Å²) in [4.78, 5) is 2.57. The molecule has 0 aromatic rings. The average Bonchev–Trinajstić information content (AvgIpc) is 2.16. The van der Waals surface area contributed by atoms with E-state index in [2.05, 4.69) is 37.9 Å². The van der Waals surface area contributed by atoms with Crippen LogP contribution >= 0.6 is 0 Å². The van der Waals surface area contributed by atoms with Crippen LogP contribution in [0.4, 0.5) is 0 Å². The third-order valence-corrected chi connectivity index (χ3v) is 2.82. The minimum atomic E-state index is 0.658. The Morgan fingerprint density at radius 1 is 1.14 bits per heavy atom. The van der Waals surface area contributed by atoms with Crippen molar-refractivity contribution >= 4 is 0 Å². The Morgan fingerprint density at radius 3 is 2.21 bits per heavy atom. The molecule has 1 N–H and O–H groups in total. The molecule has 2 nitrogen and oxygen atoms in total. The number of rotatable bonds is 8. The van der Waals surface area contributed by atoms with Gasteiger partial charge in [0.15, 0.2) is 0 Å². The van der Waals surface area contributed by atoms with Gasteiger partial charge in [-0.25, -0.2) is 0 Å². The van der Waals surface area contributed by atoms with Crippen LogP contribution in [0.3, 0.4) is 0 Å². The van der Waals surface area contributed by atoms with Crippen LogP contribution in [-0.2, 0) is 0 Å². The molecule has 0 amide bonds. The minimum Gasteiger partial charge on any atom is -0.317 e. The summed E-state index contributed by atoms with van der Waals surface area (Å²) < 4.78 is 0. The average molecular weight is 200 g/mol. The molecule has 2 heteroatoms. The lowest BCUT2D eigenvalue weighted by Gasteiger charge is -2.26. The highest BCUT2D eigenvalue weighted by molar-refractivity contribution is 4.64. The Hall–Kier alpha value is -0.0800. The predicted octanol–water partition coefficient (Wildman–Crippen LogP) is 2.49. The lowest BCUT2D eigenvalue weighted by Crippen LogP contribution is -2.33. The minimum absolute atomic E-state index is 0.658. The first-order chi connectivity index (χ1) is 6.61. The third kappa shape index (κ3) is 6.39. The van der Waals surface area contributed by atoms with Gasteiger partial charge in [-0.15, -0.1) is 0 Å². The molecule has 0 saturated carbocycles. The first-order valence-corrected chi connectivity index (χ1v) is 6.03. The molecule has 0 aromatic heterocycles. The van der Waals surface area contributed by atoms with E-state index in [1.165, 1.54) is 32.4 Å². The van der Waals surface area contributed by atoms with E-state index in [1.807, 2.05) is 7.05 Å². The molecule has 14 heavy (non-hydrogen) atoms. The highest BCUT2D eigenvalue weighted by Crippen LogP contribution is 2.04. The second kappa shape index (κ2) is 8.25. The van der Waals surface area contributed by atoms with Crippen molar-refractivity contribution in [3.8, 4) is 0 Å². The van der Waals surface area contributed by atoms with Gasteiger partial charge in [-0.3, -0.25) is 0 Å². The van der Waals surface area contributed by atoms with E-state index in [0.29, 0.717) is 12.1 Å². The van der Waals surface area contributed by atoms with E-state index < -0.39 is 0 Å². The molecule has 0 heterocycles. The maximum absolute atomic E-state index is 3.28. The predicted molar refractivity (Wildman–Crippen MR) is 64.8 cm³/mol. The van der Waals surface area contributed by atoms with Gasteiger partial charge < -0.3 is 10.2 Å². The molecule has 1 unspecified atom stereocenters. The van der Waals surface area contributed by atoms with Gasteiger partial charge in [-0.05, 0) is 60.2 Å². The molecule has 0 aromatic carbocycles. The molecule has 0 bridgehead atoms. The van der Waals surface area contributed by atoms with Crippen molar-refractivity contribution < 1.29 is 0 Å². The maximum Gasteiger partial charge on any atom is 0.00385 e. The normalized spacial score (nSPS) is 13.9. The second-order valence-electron chi connectivity index (χ2n) is 4.46. The fourth-order valence-corrected chi connectivity index (χ4v) is 1.66. The Kier molecular flexibility index (Phi) is 8.20. The molecule has 0 saturated heterocycles. The number of nitrogens with zero attached hydrogens (tertiary/aromatic N) is 1. The van der Waals surface area contributed by atoms with E-state index in [4.69, 9.17) is 0 Å². The molecular weight excluding hydrogens is 172 g/mol. The summed E-state index contributed by atoms with van der Waals surface area (Å²) in [5.41, 5.74) is 0. The monoisotopic (exact) mass is 200 g/mol. The van der Waals surface area contributed by atoms with Crippen molar-refractivity contribution in [2.45, 2.75) is 59.0 Å². The standard InChI is InChI=1S/C12H28N2/c1-6-9-14(11(2)3)10-7-8-12(4)13-5/h11-13H,6-10H2,1-5H3. The van der Waals surface area contributed by atoms with Gasteiger partial charge in [0.05, 0.1) is 0 Å². The Morgan fingerprint density at radius 2 is 1.79 bits per heavy atom. The van der Waals surface area contributed by atoms with Crippen LogP contribution in [0.25, 0.3) is 0 Å². The van der Waals surface area contributed by atoms with E-state index in [9.17, 15) is 0 Å². The SMILES string of the molecule is CCCN(CCCC(C)NC)C(C)C. The molecular formula is C12H28N2. The van der Waals surface area contributed by atoms with Gasteiger partial charge in [0.25, 0.3) is 0 Å². The van der Waals surface area contributed by atoms with Gasteiger partial charge in [0, 0.05) is 12.1 Å². The summed E-state index contributed by atoms with van der Waals surface area (Å²) in [6, 6.07) is 1.35. The maximum atomic E-state index is 3.28. The smallest absolute Gasteiger partial charge is 0.00385 e. The van der Waals surface area contributed by atoms with Crippen LogP contribution in [-0.4, -0.2) is 37.1 Å². The highest BCUT2D eigenvalue weighted by Gasteiger charge is 2.08. The van der Waals surface area contributed by atoms with Gasteiger partial charge in [0.1, 0.15) is 0 Å². The van der Waals surface area contributed by atoms with Crippen LogP contribution in [0.15, 0.2) is 0 Å². The summed E-state index contributed by atoms with van der Waals surface area (Å²) in [6.45, 7) is 11.6. The van der Waals surface area contributed by atoms with Crippen molar-refractivity contribution in [3.63, 3.8) is 0 Å². The van der Waals surface area contributed by atoms with Crippen LogP contribution in [0, 0.1) is 0 Å². The zero-order valence-corrected chi connectivity index (χ0v) is 10.6. The van der Waals surface area contributed by atoms with Crippen molar-refractivity contribution in [2.24, 2.45) is 0 Å². The molecule has 0 aliphatic rings. The summed E-state index contributed by atoms with van der Waals surface area (Å²) in [6.07, 6.45) is 3.85. The van der Waals surface area contributed by atoms with Crippen molar-refractivity contribution in [3.05, 3.63) is 0 Å². The first-order valence-electron chi connectivity index (χ1n) is 6.03. The second-order valence-corrected chi connectivity index (χ2v) is 4.46. The van der Waals surface area contributed by atoms with Gasteiger partial charge in [-0.2, -0.15) is 0 Å². The fraction of sp³-hybridized carbons (Fsp3) is 1.00. The van der Waals surface area contributed by atoms with Gasteiger partial charge in [-0.1, -0.05) is 6.92 Å². The Balaban J connectivity index is 3.60. The number of hydrogen-bond acceptors (Lipinski definition) is 2. The summed E-state index contributed by atoms with van der Waals surface area (Å²) in [5.74, 6) is 0. The summed E-state index contributed by atoms with van der Waals surface area (Å²) >= 11 is 0. The largest absolute Gasteiger partial charge is 0.317 e. The zero-order chi connectivity index (χ0) is 11.0. The zero-order valence-electron chi connectivity index (χ0n) is 10.6. The first kappa shape index (κ1) is 13.9.